The molecule has 0 amide bonds. The summed E-state index contributed by atoms with van der Waals surface area (Å²) in [5.41, 5.74) is 6.75. The average molecular weight is 322 g/mol. The van der Waals surface area contributed by atoms with Gasteiger partial charge in [0.15, 0.2) is 0 Å². The minimum absolute atomic E-state index is 0.0600. The van der Waals surface area contributed by atoms with E-state index in [0.717, 1.165) is 4.31 Å². The lowest BCUT2D eigenvalue weighted by Crippen LogP contribution is -2.27. The number of hydrogen-bond acceptors (Lipinski definition) is 4. The molecular weight excluding hydrogens is 310 g/mol. The number of benzene rings is 2. The molecule has 0 aliphatic rings. The SMILES string of the molecule is CN(c1cccc(N)c1)S(=O)(=O)c1cc(C#N)ccc1Cl. The van der Waals surface area contributed by atoms with Gasteiger partial charge < -0.3 is 5.73 Å². The number of halogens is 1. The lowest BCUT2D eigenvalue weighted by Gasteiger charge is -2.20. The van der Waals surface area contributed by atoms with Crippen molar-refractivity contribution in [2.75, 3.05) is 17.1 Å². The molecule has 0 heterocycles. The van der Waals surface area contributed by atoms with E-state index in [2.05, 4.69) is 0 Å². The molecule has 0 atom stereocenters. The Balaban J connectivity index is 2.54. The smallest absolute Gasteiger partial charge is 0.265 e. The van der Waals surface area contributed by atoms with Gasteiger partial charge in [-0.3, -0.25) is 4.31 Å². The maximum Gasteiger partial charge on any atom is 0.265 e. The van der Waals surface area contributed by atoms with E-state index in [1.165, 1.54) is 25.2 Å². The first kappa shape index (κ1) is 15.2. The average Bonchev–Trinajstić information content (AvgIpc) is 2.46. The van der Waals surface area contributed by atoms with Crippen LogP contribution in [-0.4, -0.2) is 15.5 Å². The molecule has 2 N–H and O–H groups in total. The fourth-order valence-electron chi connectivity index (χ4n) is 1.78. The predicted octanol–water partition coefficient (Wildman–Crippen LogP) is 2.62. The summed E-state index contributed by atoms with van der Waals surface area (Å²) in [6.07, 6.45) is 0. The second-order valence-corrected chi connectivity index (χ2v) is 6.67. The molecule has 0 unspecified atom stereocenters. The molecule has 0 saturated carbocycles. The second kappa shape index (κ2) is 5.64. The van der Waals surface area contributed by atoms with Gasteiger partial charge in [-0.05, 0) is 36.4 Å². The number of nitrogen functional groups attached to an aromatic ring is 1. The number of anilines is 2. The first-order chi connectivity index (χ1) is 9.86. The Morgan fingerprint density at radius 2 is 1.95 bits per heavy atom. The summed E-state index contributed by atoms with van der Waals surface area (Å²) < 4.78 is 26.3. The Labute approximate surface area is 128 Å². The van der Waals surface area contributed by atoms with Crippen LogP contribution in [0.5, 0.6) is 0 Å². The van der Waals surface area contributed by atoms with Crippen molar-refractivity contribution in [3.05, 3.63) is 53.1 Å². The summed E-state index contributed by atoms with van der Waals surface area (Å²) in [6.45, 7) is 0. The Hall–Kier alpha value is -2.23. The topological polar surface area (TPSA) is 87.2 Å². The molecule has 0 aliphatic carbocycles. The van der Waals surface area contributed by atoms with Crippen molar-refractivity contribution < 1.29 is 8.42 Å². The second-order valence-electron chi connectivity index (χ2n) is 4.32. The lowest BCUT2D eigenvalue weighted by molar-refractivity contribution is 0.594. The van der Waals surface area contributed by atoms with Crippen LogP contribution in [0, 0.1) is 11.3 Å². The highest BCUT2D eigenvalue weighted by atomic mass is 35.5. The summed E-state index contributed by atoms with van der Waals surface area (Å²) in [7, 11) is -2.48. The van der Waals surface area contributed by atoms with Crippen LogP contribution in [0.15, 0.2) is 47.4 Å². The van der Waals surface area contributed by atoms with Gasteiger partial charge in [0.25, 0.3) is 10.0 Å². The van der Waals surface area contributed by atoms with Crippen LogP contribution in [0.2, 0.25) is 5.02 Å². The normalized spacial score (nSPS) is 10.9. The van der Waals surface area contributed by atoms with Crippen LogP contribution in [0.4, 0.5) is 11.4 Å². The third-order valence-electron chi connectivity index (χ3n) is 2.93. The van der Waals surface area contributed by atoms with Gasteiger partial charge >= 0.3 is 0 Å². The Kier molecular flexibility index (Phi) is 4.07. The van der Waals surface area contributed by atoms with Crippen LogP contribution >= 0.6 is 11.6 Å². The van der Waals surface area contributed by atoms with Gasteiger partial charge in [0, 0.05) is 12.7 Å². The van der Waals surface area contributed by atoms with Crippen LogP contribution in [0.1, 0.15) is 5.56 Å². The molecule has 2 aromatic rings. The van der Waals surface area contributed by atoms with E-state index < -0.39 is 10.0 Å². The Morgan fingerprint density at radius 3 is 2.57 bits per heavy atom. The van der Waals surface area contributed by atoms with E-state index in [1.54, 1.807) is 24.3 Å². The van der Waals surface area contributed by atoms with Crippen LogP contribution < -0.4 is 10.0 Å². The van der Waals surface area contributed by atoms with Gasteiger partial charge in [-0.1, -0.05) is 17.7 Å². The summed E-state index contributed by atoms with van der Waals surface area (Å²) in [4.78, 5) is -0.117. The minimum Gasteiger partial charge on any atom is -0.399 e. The fourth-order valence-corrected chi connectivity index (χ4v) is 3.46. The molecule has 0 fully saturated rings. The Bertz CT molecular complexity index is 828. The first-order valence-electron chi connectivity index (χ1n) is 5.90. The molecular formula is C14H12ClN3O2S. The van der Waals surface area contributed by atoms with Crippen molar-refractivity contribution in [3.8, 4) is 6.07 Å². The molecule has 0 aromatic heterocycles. The van der Waals surface area contributed by atoms with Crippen LogP contribution in [0.25, 0.3) is 0 Å². The van der Waals surface area contributed by atoms with E-state index in [4.69, 9.17) is 22.6 Å². The summed E-state index contributed by atoms with van der Waals surface area (Å²) in [5.74, 6) is 0. The summed E-state index contributed by atoms with van der Waals surface area (Å²) in [5, 5.41) is 8.95. The third kappa shape index (κ3) is 2.94. The Morgan fingerprint density at radius 1 is 1.24 bits per heavy atom. The number of nitrogens with two attached hydrogens (primary N) is 1. The van der Waals surface area contributed by atoms with Gasteiger partial charge in [0.05, 0.1) is 22.3 Å². The van der Waals surface area contributed by atoms with Crippen molar-refractivity contribution in [2.24, 2.45) is 0 Å². The molecule has 0 radical (unpaired) electrons. The van der Waals surface area contributed by atoms with E-state index in [1.807, 2.05) is 6.07 Å². The highest BCUT2D eigenvalue weighted by Crippen LogP contribution is 2.28. The highest BCUT2D eigenvalue weighted by molar-refractivity contribution is 7.93. The largest absolute Gasteiger partial charge is 0.399 e. The van der Waals surface area contributed by atoms with E-state index in [-0.39, 0.29) is 15.5 Å². The van der Waals surface area contributed by atoms with Crippen molar-refractivity contribution in [2.45, 2.75) is 4.90 Å². The molecule has 0 bridgehead atoms. The number of nitrogens with zero attached hydrogens (tertiary/aromatic N) is 2. The predicted molar refractivity (Wildman–Crippen MR) is 82.6 cm³/mol. The zero-order valence-corrected chi connectivity index (χ0v) is 12.7. The zero-order chi connectivity index (χ0) is 15.6. The first-order valence-corrected chi connectivity index (χ1v) is 7.72. The molecule has 0 aliphatic heterocycles. The number of rotatable bonds is 3. The standard InChI is InChI=1S/C14H12ClN3O2S/c1-18(12-4-2-3-11(17)8-12)21(19,20)14-7-10(9-16)5-6-13(14)15/h2-8H,17H2,1H3. The number of hydrogen-bond donors (Lipinski definition) is 1. The maximum absolute atomic E-state index is 12.6. The molecule has 7 heteroatoms. The fraction of sp³-hybridized carbons (Fsp3) is 0.0714. The van der Waals surface area contributed by atoms with Crippen molar-refractivity contribution in [1.82, 2.24) is 0 Å². The highest BCUT2D eigenvalue weighted by Gasteiger charge is 2.24. The number of nitriles is 1. The summed E-state index contributed by atoms with van der Waals surface area (Å²) >= 11 is 5.96. The van der Waals surface area contributed by atoms with Gasteiger partial charge in [-0.15, -0.1) is 0 Å². The molecule has 2 aromatic carbocycles. The van der Waals surface area contributed by atoms with Gasteiger partial charge in [0.1, 0.15) is 4.90 Å². The maximum atomic E-state index is 12.6. The molecule has 0 spiro atoms. The van der Waals surface area contributed by atoms with E-state index in [9.17, 15) is 8.42 Å². The van der Waals surface area contributed by atoms with Crippen LogP contribution in [-0.2, 0) is 10.0 Å². The molecule has 21 heavy (non-hydrogen) atoms. The molecule has 0 saturated heterocycles. The molecule has 108 valence electrons. The van der Waals surface area contributed by atoms with Crippen molar-refractivity contribution in [1.29, 1.82) is 5.26 Å². The number of sulfonamides is 1. The quantitative estimate of drug-likeness (QED) is 0.880. The van der Waals surface area contributed by atoms with Gasteiger partial charge in [0.2, 0.25) is 0 Å². The van der Waals surface area contributed by atoms with Crippen molar-refractivity contribution >= 4 is 33.0 Å². The van der Waals surface area contributed by atoms with Gasteiger partial charge in [-0.2, -0.15) is 5.26 Å². The van der Waals surface area contributed by atoms with Gasteiger partial charge in [-0.25, -0.2) is 8.42 Å². The van der Waals surface area contributed by atoms with E-state index in [0.29, 0.717) is 11.4 Å². The van der Waals surface area contributed by atoms with Crippen LogP contribution in [0.3, 0.4) is 0 Å². The molecule has 5 nitrogen and oxygen atoms in total. The lowest BCUT2D eigenvalue weighted by atomic mass is 10.2. The zero-order valence-electron chi connectivity index (χ0n) is 11.1. The minimum atomic E-state index is -3.88. The monoisotopic (exact) mass is 321 g/mol. The summed E-state index contributed by atoms with van der Waals surface area (Å²) in [6, 6.07) is 12.5. The van der Waals surface area contributed by atoms with Crippen molar-refractivity contribution in [3.63, 3.8) is 0 Å². The molecule has 2 rings (SSSR count). The third-order valence-corrected chi connectivity index (χ3v) is 5.20. The van der Waals surface area contributed by atoms with E-state index >= 15 is 0 Å².